The first kappa shape index (κ1) is 13.8. The van der Waals surface area contributed by atoms with Gasteiger partial charge in [0.25, 0.3) is 0 Å². The van der Waals surface area contributed by atoms with Gasteiger partial charge in [0.05, 0.1) is 11.7 Å². The van der Waals surface area contributed by atoms with Gasteiger partial charge in [0.1, 0.15) is 11.4 Å². The van der Waals surface area contributed by atoms with E-state index in [2.05, 4.69) is 0 Å². The van der Waals surface area contributed by atoms with Crippen molar-refractivity contribution in [1.29, 1.82) is 0 Å². The third-order valence-electron chi connectivity index (χ3n) is 1.43. The van der Waals surface area contributed by atoms with Crippen LogP contribution in [0.2, 0.25) is 5.02 Å². The van der Waals surface area contributed by atoms with Crippen molar-refractivity contribution in [2.45, 2.75) is 11.8 Å². The van der Waals surface area contributed by atoms with Crippen LogP contribution in [0.25, 0.3) is 0 Å². The van der Waals surface area contributed by atoms with Crippen molar-refractivity contribution in [2.75, 3.05) is 11.7 Å². The summed E-state index contributed by atoms with van der Waals surface area (Å²) >= 11 is 14.4. The van der Waals surface area contributed by atoms with Crippen LogP contribution in [-0.2, 0) is 16.3 Å². The topological polar surface area (TPSA) is 9.23 Å². The summed E-state index contributed by atoms with van der Waals surface area (Å²) in [4.78, 5) is 1.21. The highest BCUT2D eigenvalue weighted by atomic mass is 35.5. The summed E-state index contributed by atoms with van der Waals surface area (Å²) < 4.78 is 5.31. The van der Waals surface area contributed by atoms with Crippen molar-refractivity contribution in [1.82, 2.24) is 0 Å². The van der Waals surface area contributed by atoms with Crippen molar-refractivity contribution >= 4 is 52.7 Å². The molecule has 15 heavy (non-hydrogen) atoms. The van der Waals surface area contributed by atoms with Crippen molar-refractivity contribution in [3.8, 4) is 0 Å². The zero-order chi connectivity index (χ0) is 11.1. The Bertz CT molecular complexity index is 318. The van der Waals surface area contributed by atoms with Gasteiger partial charge >= 0.3 is 6.13 Å². The van der Waals surface area contributed by atoms with Gasteiger partial charge < -0.3 is 0 Å². The molecule has 0 aromatic heterocycles. The van der Waals surface area contributed by atoms with Crippen LogP contribution in [0.1, 0.15) is 6.92 Å². The average molecular weight is 298 g/mol. The minimum atomic E-state index is -0.730. The van der Waals surface area contributed by atoms with Gasteiger partial charge in [-0.15, -0.1) is 11.8 Å². The number of rotatable bonds is 6. The molecule has 0 fully saturated rings. The fourth-order valence-electron chi connectivity index (χ4n) is 0.811. The van der Waals surface area contributed by atoms with Gasteiger partial charge in [-0.3, -0.25) is 0 Å². The molecule has 1 unspecified atom stereocenters. The molecule has 1 rings (SSSR count). The Morgan fingerprint density at radius 1 is 1.40 bits per heavy atom. The zero-order valence-corrected chi connectivity index (χ0v) is 12.3. The van der Waals surface area contributed by atoms with E-state index < -0.39 is 6.13 Å². The fourth-order valence-corrected chi connectivity index (χ4v) is 5.92. The maximum atomic E-state index is 5.79. The second-order valence-electron chi connectivity index (χ2n) is 2.49. The van der Waals surface area contributed by atoms with Crippen molar-refractivity contribution in [3.05, 3.63) is 29.3 Å². The van der Waals surface area contributed by atoms with Gasteiger partial charge in [-0.1, -0.05) is 11.6 Å². The quantitative estimate of drug-likeness (QED) is 0.418. The number of thioether (sulfide) groups is 1. The monoisotopic (exact) mass is 297 g/mol. The van der Waals surface area contributed by atoms with E-state index in [4.69, 9.17) is 27.9 Å². The van der Waals surface area contributed by atoms with Gasteiger partial charge in [-0.05, 0) is 31.2 Å². The van der Waals surface area contributed by atoms with Crippen LogP contribution in [0.5, 0.6) is 0 Å². The zero-order valence-electron chi connectivity index (χ0n) is 8.18. The third kappa shape index (κ3) is 6.10. The molecule has 0 saturated heterocycles. The second-order valence-corrected chi connectivity index (χ2v) is 9.05. The van der Waals surface area contributed by atoms with Gasteiger partial charge in [-0.25, -0.2) is 0 Å². The number of hydrogen-bond donors (Lipinski definition) is 0. The smallest absolute Gasteiger partial charge is 0.159 e. The Kier molecular flexibility index (Phi) is 7.23. The predicted molar refractivity (Wildman–Crippen MR) is 75.7 cm³/mol. The molecule has 0 aliphatic carbocycles. The molecule has 0 heterocycles. The molecule has 6 heteroatoms. The maximum absolute atomic E-state index is 5.79. The van der Waals surface area contributed by atoms with Crippen molar-refractivity contribution in [3.63, 3.8) is 0 Å². The minimum Gasteiger partial charge on any atom is -0.159 e. The predicted octanol–water partition coefficient (Wildman–Crippen LogP) is 4.93. The summed E-state index contributed by atoms with van der Waals surface area (Å²) in [6, 6.07) is 7.82. The Morgan fingerprint density at radius 3 is 2.67 bits per heavy atom. The molecule has 0 aliphatic rings. The number of benzene rings is 1. The standard InChI is InChI=1S/C9H11ClOPS3/c1-2-11-12(13)15-7-14-9-5-3-8(10)4-6-9/h3-6H,2,7H2,1H3/q+1. The van der Waals surface area contributed by atoms with Crippen LogP contribution < -0.4 is 0 Å². The minimum absolute atomic E-state index is 0.702. The van der Waals surface area contributed by atoms with E-state index in [0.29, 0.717) is 6.61 Å². The first-order chi connectivity index (χ1) is 7.22. The van der Waals surface area contributed by atoms with Crippen LogP contribution in [-0.4, -0.2) is 11.7 Å². The molecular weight excluding hydrogens is 287 g/mol. The van der Waals surface area contributed by atoms with E-state index in [1.165, 1.54) is 4.90 Å². The van der Waals surface area contributed by atoms with Gasteiger partial charge in [-0.2, -0.15) is 4.52 Å². The van der Waals surface area contributed by atoms with Gasteiger partial charge in [0.15, 0.2) is 0 Å². The van der Waals surface area contributed by atoms with Gasteiger partial charge in [0, 0.05) is 9.92 Å². The molecule has 1 atom stereocenters. The average Bonchev–Trinajstić information content (AvgIpc) is 2.21. The molecule has 1 aromatic rings. The number of hydrogen-bond acceptors (Lipinski definition) is 4. The van der Waals surface area contributed by atoms with Crippen LogP contribution in [0.15, 0.2) is 29.2 Å². The Hall–Kier alpha value is 0.690. The van der Waals surface area contributed by atoms with E-state index in [1.54, 1.807) is 23.1 Å². The molecule has 0 bridgehead atoms. The molecule has 82 valence electrons. The lowest BCUT2D eigenvalue weighted by Crippen LogP contribution is -1.75. The molecule has 0 saturated carbocycles. The summed E-state index contributed by atoms with van der Waals surface area (Å²) in [5.74, 6) is 0. The second kappa shape index (κ2) is 7.88. The summed E-state index contributed by atoms with van der Waals surface area (Å²) in [5.41, 5.74) is 0. The van der Waals surface area contributed by atoms with Crippen LogP contribution >= 0.6 is 40.9 Å². The molecule has 0 radical (unpaired) electrons. The van der Waals surface area contributed by atoms with Crippen LogP contribution in [0.3, 0.4) is 0 Å². The summed E-state index contributed by atoms with van der Waals surface area (Å²) in [5, 5.41) is 1.70. The van der Waals surface area contributed by atoms with Gasteiger partial charge in [0.2, 0.25) is 11.8 Å². The third-order valence-corrected chi connectivity index (χ3v) is 7.02. The Morgan fingerprint density at radius 2 is 2.07 bits per heavy atom. The first-order valence-electron chi connectivity index (χ1n) is 4.34. The summed E-state index contributed by atoms with van der Waals surface area (Å²) in [7, 11) is 0. The molecule has 0 N–H and O–H groups in total. The van der Waals surface area contributed by atoms with E-state index in [1.807, 2.05) is 31.2 Å². The highest BCUT2D eigenvalue weighted by Gasteiger charge is 2.12. The summed E-state index contributed by atoms with van der Waals surface area (Å²) in [6.45, 7) is 2.67. The Labute approximate surface area is 110 Å². The van der Waals surface area contributed by atoms with E-state index in [9.17, 15) is 0 Å². The maximum Gasteiger partial charge on any atom is 0.415 e. The lowest BCUT2D eigenvalue weighted by molar-refractivity contribution is 0.396. The van der Waals surface area contributed by atoms with Crippen molar-refractivity contribution < 1.29 is 4.52 Å². The van der Waals surface area contributed by atoms with E-state index in [0.717, 1.165) is 10.1 Å². The lowest BCUT2D eigenvalue weighted by atomic mass is 10.4. The molecular formula is C9H11ClOPS3+. The van der Waals surface area contributed by atoms with E-state index >= 15 is 0 Å². The molecule has 1 nitrogen and oxygen atoms in total. The highest BCUT2D eigenvalue weighted by molar-refractivity contribution is 8.64. The highest BCUT2D eigenvalue weighted by Crippen LogP contribution is 2.42. The molecule has 0 spiro atoms. The SMILES string of the molecule is CCO[P+](=S)SCSc1ccc(Cl)cc1. The molecule has 1 aromatic carbocycles. The fraction of sp³-hybridized carbons (Fsp3) is 0.333. The first-order valence-corrected chi connectivity index (χ1v) is 9.56. The van der Waals surface area contributed by atoms with Crippen LogP contribution in [0, 0.1) is 0 Å². The Balaban J connectivity index is 2.26. The largest absolute Gasteiger partial charge is 0.415 e. The molecule has 0 aliphatic heterocycles. The van der Waals surface area contributed by atoms with Crippen molar-refractivity contribution in [2.24, 2.45) is 0 Å². The molecule has 0 amide bonds. The normalized spacial score (nSPS) is 11.5. The number of halogens is 1. The van der Waals surface area contributed by atoms with E-state index in [-0.39, 0.29) is 0 Å². The lowest BCUT2D eigenvalue weighted by Gasteiger charge is -1.96. The van der Waals surface area contributed by atoms with Crippen LogP contribution in [0.4, 0.5) is 0 Å². The summed E-state index contributed by atoms with van der Waals surface area (Å²) in [6.07, 6.45) is -0.730.